The molecule has 0 saturated heterocycles. The van der Waals surface area contributed by atoms with Gasteiger partial charge in [-0.1, -0.05) is 17.7 Å². The van der Waals surface area contributed by atoms with Crippen molar-refractivity contribution in [3.05, 3.63) is 29.3 Å². The fraction of sp³-hybridized carbons (Fsp3) is 0.400. The molecule has 1 atom stereocenters. The van der Waals surface area contributed by atoms with Crippen LogP contribution in [0.4, 0.5) is 5.69 Å². The number of rotatable bonds is 5. The number of amides is 2. The second kappa shape index (κ2) is 7.42. The highest BCUT2D eigenvalue weighted by Crippen LogP contribution is 2.16. The van der Waals surface area contributed by atoms with Gasteiger partial charge in [0.15, 0.2) is 0 Å². The zero-order valence-corrected chi connectivity index (χ0v) is 12.6. The molecule has 0 radical (unpaired) electrons. The molecule has 0 aliphatic rings. The Balaban J connectivity index is 2.89. The van der Waals surface area contributed by atoms with Crippen LogP contribution in [-0.2, 0) is 19.1 Å². The van der Waals surface area contributed by atoms with Gasteiger partial charge in [-0.3, -0.25) is 9.59 Å². The van der Waals surface area contributed by atoms with E-state index in [4.69, 9.17) is 4.74 Å². The normalized spacial score (nSPS) is 11.4. The highest BCUT2D eigenvalue weighted by molar-refractivity contribution is 6.10. The van der Waals surface area contributed by atoms with Gasteiger partial charge in [0.1, 0.15) is 0 Å². The minimum Gasteiger partial charge on any atom is -0.464 e. The largest absolute Gasteiger partial charge is 0.464 e. The van der Waals surface area contributed by atoms with E-state index in [1.807, 2.05) is 26.0 Å². The highest BCUT2D eigenvalue weighted by Gasteiger charge is 2.29. The van der Waals surface area contributed by atoms with Crippen molar-refractivity contribution in [2.45, 2.75) is 33.7 Å². The first-order valence-electron chi connectivity index (χ1n) is 6.67. The van der Waals surface area contributed by atoms with Gasteiger partial charge in [-0.15, -0.1) is 0 Å². The molecule has 0 heterocycles. The third kappa shape index (κ3) is 4.91. The second-order valence-corrected chi connectivity index (χ2v) is 4.69. The molecule has 2 amide bonds. The molecular formula is C15H20N2O4. The average molecular weight is 292 g/mol. The Kier molecular flexibility index (Phi) is 5.90. The lowest BCUT2D eigenvalue weighted by atomic mass is 10.1. The molecule has 0 aliphatic heterocycles. The average Bonchev–Trinajstić information content (AvgIpc) is 2.39. The van der Waals surface area contributed by atoms with Crippen LogP contribution in [0.5, 0.6) is 0 Å². The Morgan fingerprint density at radius 3 is 2.43 bits per heavy atom. The van der Waals surface area contributed by atoms with Crippen molar-refractivity contribution in [3.63, 3.8) is 0 Å². The number of aryl methyl sites for hydroxylation is 2. The van der Waals surface area contributed by atoms with Crippen LogP contribution >= 0.6 is 0 Å². The maximum absolute atomic E-state index is 12.2. The lowest BCUT2D eigenvalue weighted by molar-refractivity contribution is -0.149. The summed E-state index contributed by atoms with van der Waals surface area (Å²) in [5.41, 5.74) is 2.52. The lowest BCUT2D eigenvalue weighted by Gasteiger charge is -2.17. The maximum atomic E-state index is 12.2. The topological polar surface area (TPSA) is 84.5 Å². The Hall–Kier alpha value is -2.37. The van der Waals surface area contributed by atoms with E-state index in [2.05, 4.69) is 10.6 Å². The van der Waals surface area contributed by atoms with Crippen LogP contribution in [0.25, 0.3) is 0 Å². The SMILES string of the molecule is CCOC(=O)[C@@H](NC(C)=O)C(=O)Nc1ccc(C)cc1C. The number of benzene rings is 1. The molecule has 21 heavy (non-hydrogen) atoms. The summed E-state index contributed by atoms with van der Waals surface area (Å²) in [4.78, 5) is 35.1. The predicted molar refractivity (Wildman–Crippen MR) is 78.8 cm³/mol. The number of carbonyl (C=O) groups excluding carboxylic acids is 3. The summed E-state index contributed by atoms with van der Waals surface area (Å²) in [6, 6.07) is 4.15. The number of esters is 1. The Morgan fingerprint density at radius 1 is 1.24 bits per heavy atom. The summed E-state index contributed by atoms with van der Waals surface area (Å²) in [6.07, 6.45) is 0. The minimum atomic E-state index is -1.36. The monoisotopic (exact) mass is 292 g/mol. The molecular weight excluding hydrogens is 272 g/mol. The van der Waals surface area contributed by atoms with E-state index in [-0.39, 0.29) is 6.61 Å². The Labute approximate surface area is 123 Å². The fourth-order valence-electron chi connectivity index (χ4n) is 1.82. The summed E-state index contributed by atoms with van der Waals surface area (Å²) in [5.74, 6) is -1.89. The van der Waals surface area contributed by atoms with Gasteiger partial charge < -0.3 is 15.4 Å². The number of hydrogen-bond acceptors (Lipinski definition) is 4. The highest BCUT2D eigenvalue weighted by atomic mass is 16.5. The predicted octanol–water partition coefficient (Wildman–Crippen LogP) is 1.31. The zero-order chi connectivity index (χ0) is 16.0. The third-order valence-corrected chi connectivity index (χ3v) is 2.77. The Morgan fingerprint density at radius 2 is 1.90 bits per heavy atom. The molecule has 0 unspecified atom stereocenters. The number of anilines is 1. The summed E-state index contributed by atoms with van der Waals surface area (Å²) in [7, 11) is 0. The minimum absolute atomic E-state index is 0.131. The van der Waals surface area contributed by atoms with Gasteiger partial charge in [0, 0.05) is 12.6 Å². The van der Waals surface area contributed by atoms with Gasteiger partial charge in [0.25, 0.3) is 5.91 Å². The van der Waals surface area contributed by atoms with Crippen LogP contribution in [0.1, 0.15) is 25.0 Å². The van der Waals surface area contributed by atoms with Crippen LogP contribution in [0, 0.1) is 13.8 Å². The van der Waals surface area contributed by atoms with Gasteiger partial charge >= 0.3 is 5.97 Å². The number of hydrogen-bond donors (Lipinski definition) is 2. The quantitative estimate of drug-likeness (QED) is 0.633. The molecule has 1 aromatic carbocycles. The summed E-state index contributed by atoms with van der Waals surface area (Å²) >= 11 is 0. The van der Waals surface area contributed by atoms with Gasteiger partial charge in [-0.05, 0) is 32.4 Å². The number of ether oxygens (including phenoxy) is 1. The van der Waals surface area contributed by atoms with Gasteiger partial charge in [-0.2, -0.15) is 0 Å². The van der Waals surface area contributed by atoms with Crippen molar-refractivity contribution in [1.82, 2.24) is 5.32 Å². The van der Waals surface area contributed by atoms with Crippen molar-refractivity contribution in [1.29, 1.82) is 0 Å². The summed E-state index contributed by atoms with van der Waals surface area (Å²) in [6.45, 7) is 6.78. The van der Waals surface area contributed by atoms with Crippen LogP contribution in [0.15, 0.2) is 18.2 Å². The Bertz CT molecular complexity index is 555. The van der Waals surface area contributed by atoms with Crippen molar-refractivity contribution in [2.24, 2.45) is 0 Å². The first-order chi connectivity index (χ1) is 9.85. The third-order valence-electron chi connectivity index (χ3n) is 2.77. The first-order valence-corrected chi connectivity index (χ1v) is 6.67. The lowest BCUT2D eigenvalue weighted by Crippen LogP contribution is -2.49. The van der Waals surface area contributed by atoms with Crippen LogP contribution < -0.4 is 10.6 Å². The van der Waals surface area contributed by atoms with Crippen LogP contribution in [0.3, 0.4) is 0 Å². The smallest absolute Gasteiger partial charge is 0.338 e. The van der Waals surface area contributed by atoms with E-state index in [1.54, 1.807) is 13.0 Å². The molecule has 1 aromatic rings. The van der Waals surface area contributed by atoms with Gasteiger partial charge in [-0.25, -0.2) is 4.79 Å². The van der Waals surface area contributed by atoms with E-state index in [0.717, 1.165) is 11.1 Å². The van der Waals surface area contributed by atoms with Crippen molar-refractivity contribution in [2.75, 3.05) is 11.9 Å². The van der Waals surface area contributed by atoms with E-state index in [9.17, 15) is 14.4 Å². The molecule has 0 saturated carbocycles. The van der Waals surface area contributed by atoms with Crippen LogP contribution in [-0.4, -0.2) is 30.4 Å². The van der Waals surface area contributed by atoms with E-state index in [0.29, 0.717) is 5.69 Å². The summed E-state index contributed by atoms with van der Waals surface area (Å²) in [5, 5.41) is 4.92. The first kappa shape index (κ1) is 16.7. The van der Waals surface area contributed by atoms with Crippen molar-refractivity contribution >= 4 is 23.5 Å². The number of nitrogens with one attached hydrogen (secondary N) is 2. The van der Waals surface area contributed by atoms with Gasteiger partial charge in [0.05, 0.1) is 6.61 Å². The van der Waals surface area contributed by atoms with Crippen LogP contribution in [0.2, 0.25) is 0 Å². The molecule has 1 rings (SSSR count). The molecule has 2 N–H and O–H groups in total. The molecule has 6 heteroatoms. The van der Waals surface area contributed by atoms with E-state index >= 15 is 0 Å². The fourth-order valence-corrected chi connectivity index (χ4v) is 1.82. The summed E-state index contributed by atoms with van der Waals surface area (Å²) < 4.78 is 4.80. The second-order valence-electron chi connectivity index (χ2n) is 4.69. The molecule has 0 aliphatic carbocycles. The molecule has 0 bridgehead atoms. The molecule has 0 fully saturated rings. The standard InChI is InChI=1S/C15H20N2O4/c1-5-21-15(20)13(16-11(4)18)14(19)17-12-7-6-9(2)8-10(12)3/h6-8,13H,5H2,1-4H3,(H,16,18)(H,17,19)/t13-/m0/s1. The van der Waals surface area contributed by atoms with Crippen molar-refractivity contribution in [3.8, 4) is 0 Å². The maximum Gasteiger partial charge on any atom is 0.338 e. The molecule has 114 valence electrons. The molecule has 0 spiro atoms. The van der Waals surface area contributed by atoms with E-state index < -0.39 is 23.8 Å². The molecule has 0 aromatic heterocycles. The van der Waals surface area contributed by atoms with E-state index in [1.165, 1.54) is 6.92 Å². The van der Waals surface area contributed by atoms with Crippen molar-refractivity contribution < 1.29 is 19.1 Å². The van der Waals surface area contributed by atoms with Gasteiger partial charge in [0.2, 0.25) is 11.9 Å². The number of carbonyl (C=O) groups is 3. The molecule has 6 nitrogen and oxygen atoms in total. The zero-order valence-electron chi connectivity index (χ0n) is 12.6.